The van der Waals surface area contributed by atoms with Crippen LogP contribution < -0.4 is 15.4 Å². The smallest absolute Gasteiger partial charge is 0.225 e. The van der Waals surface area contributed by atoms with Gasteiger partial charge in [0.2, 0.25) is 11.8 Å². The van der Waals surface area contributed by atoms with Gasteiger partial charge in [-0.05, 0) is 58.9 Å². The molecule has 3 aromatic heterocycles. The number of aryl methyl sites for hydroxylation is 2. The van der Waals surface area contributed by atoms with Gasteiger partial charge in [-0.2, -0.15) is 4.98 Å². The number of ether oxygens (including phenoxy) is 1. The van der Waals surface area contributed by atoms with E-state index in [-0.39, 0.29) is 18.2 Å². The Morgan fingerprint density at radius 2 is 1.87 bits per heavy atom. The standard InChI is InChI=1S/C27H37N5O6S/c1-6-37-21-11-17-10-20(38-25(17)15(4)28-21)22-14(3)30-27(29-13(2)16-7-8-16)32-26(22)31-19-9-18(12-39(5,35)36)23(33)24(19)34/h10-11,13,16,18-19,23-24,33-34H,6-9,12H2,1-5H3,(H2,29,30,31,32)/t13-,18-,19-,23-,24+/m1/s1. The molecule has 2 aliphatic rings. The zero-order valence-corrected chi connectivity index (χ0v) is 23.7. The van der Waals surface area contributed by atoms with Gasteiger partial charge < -0.3 is 30.0 Å². The van der Waals surface area contributed by atoms with Crippen molar-refractivity contribution in [3.63, 3.8) is 0 Å². The van der Waals surface area contributed by atoms with E-state index in [1.165, 1.54) is 12.8 Å². The molecule has 0 saturated heterocycles. The number of hydrogen-bond acceptors (Lipinski definition) is 11. The molecule has 0 amide bonds. The van der Waals surface area contributed by atoms with Crippen LogP contribution in [0.1, 0.15) is 44.5 Å². The maximum absolute atomic E-state index is 11.9. The van der Waals surface area contributed by atoms with Crippen LogP contribution in [-0.2, 0) is 9.84 Å². The molecule has 0 radical (unpaired) electrons. The first-order chi connectivity index (χ1) is 18.4. The number of anilines is 2. The fourth-order valence-corrected chi connectivity index (χ4v) is 6.58. The lowest BCUT2D eigenvalue weighted by atomic mass is 10.1. The molecule has 4 N–H and O–H groups in total. The Bertz CT molecular complexity index is 1470. The van der Waals surface area contributed by atoms with Crippen LogP contribution in [0.5, 0.6) is 5.88 Å². The average molecular weight is 560 g/mol. The molecule has 0 unspecified atom stereocenters. The number of hydrogen-bond donors (Lipinski definition) is 4. The maximum atomic E-state index is 11.9. The molecule has 5 rings (SSSR count). The van der Waals surface area contributed by atoms with Gasteiger partial charge in [-0.3, -0.25) is 0 Å². The Morgan fingerprint density at radius 3 is 2.54 bits per heavy atom. The molecule has 0 aromatic carbocycles. The second kappa shape index (κ2) is 10.5. The van der Waals surface area contributed by atoms with Gasteiger partial charge in [0.05, 0.1) is 41.5 Å². The van der Waals surface area contributed by atoms with Crippen molar-refractivity contribution in [1.29, 1.82) is 0 Å². The number of sulfone groups is 1. The summed E-state index contributed by atoms with van der Waals surface area (Å²) in [5.41, 5.74) is 2.58. The Hall–Kier alpha value is -2.96. The minimum atomic E-state index is -3.33. The van der Waals surface area contributed by atoms with Gasteiger partial charge >= 0.3 is 0 Å². The van der Waals surface area contributed by atoms with Crippen LogP contribution in [0.25, 0.3) is 22.3 Å². The van der Waals surface area contributed by atoms with Crippen LogP contribution in [0.15, 0.2) is 16.5 Å². The van der Waals surface area contributed by atoms with Crippen molar-refractivity contribution >= 4 is 32.6 Å². The maximum Gasteiger partial charge on any atom is 0.225 e. The Morgan fingerprint density at radius 1 is 1.13 bits per heavy atom. The number of aliphatic hydroxyl groups is 2. The van der Waals surface area contributed by atoms with Gasteiger partial charge in [0.25, 0.3) is 0 Å². The number of furan rings is 1. The van der Waals surface area contributed by atoms with Crippen molar-refractivity contribution in [1.82, 2.24) is 15.0 Å². The minimum absolute atomic E-state index is 0.206. The van der Waals surface area contributed by atoms with Crippen molar-refractivity contribution in [2.24, 2.45) is 11.8 Å². The topological polar surface area (TPSA) is 160 Å². The van der Waals surface area contributed by atoms with E-state index >= 15 is 0 Å². The number of rotatable bonds is 10. The van der Waals surface area contributed by atoms with Gasteiger partial charge in [-0.25, -0.2) is 18.4 Å². The summed E-state index contributed by atoms with van der Waals surface area (Å²) < 4.78 is 35.7. The number of nitrogens with one attached hydrogen (secondary N) is 2. The minimum Gasteiger partial charge on any atom is -0.478 e. The van der Waals surface area contributed by atoms with E-state index in [9.17, 15) is 18.6 Å². The first-order valence-corrected chi connectivity index (χ1v) is 15.5. The molecule has 2 aliphatic carbocycles. The summed E-state index contributed by atoms with van der Waals surface area (Å²) in [7, 11) is -3.33. The van der Waals surface area contributed by atoms with E-state index in [0.717, 1.165) is 11.6 Å². The number of pyridine rings is 1. The molecule has 5 atom stereocenters. The summed E-state index contributed by atoms with van der Waals surface area (Å²) in [6, 6.07) is 3.29. The van der Waals surface area contributed by atoms with E-state index in [4.69, 9.17) is 19.1 Å². The Kier molecular flexibility index (Phi) is 7.47. The first kappa shape index (κ1) is 27.6. The van der Waals surface area contributed by atoms with Gasteiger partial charge in [-0.1, -0.05) is 0 Å². The van der Waals surface area contributed by atoms with Crippen molar-refractivity contribution in [3.05, 3.63) is 23.5 Å². The normalized spacial score (nSPS) is 24.2. The summed E-state index contributed by atoms with van der Waals surface area (Å²) in [4.78, 5) is 14.0. The fourth-order valence-electron chi connectivity index (χ4n) is 5.47. The monoisotopic (exact) mass is 559 g/mol. The van der Waals surface area contributed by atoms with Crippen molar-refractivity contribution in [2.75, 3.05) is 29.2 Å². The van der Waals surface area contributed by atoms with Crippen molar-refractivity contribution < 1.29 is 27.8 Å². The van der Waals surface area contributed by atoms with Crippen molar-refractivity contribution in [3.8, 4) is 17.2 Å². The summed E-state index contributed by atoms with van der Waals surface area (Å²) >= 11 is 0. The van der Waals surface area contributed by atoms with E-state index in [0.29, 0.717) is 58.5 Å². The second-order valence-electron chi connectivity index (χ2n) is 11.0. The molecule has 3 heterocycles. The first-order valence-electron chi connectivity index (χ1n) is 13.4. The number of aliphatic hydroxyl groups excluding tert-OH is 2. The Balaban J connectivity index is 1.54. The summed E-state index contributed by atoms with van der Waals surface area (Å²) in [6.45, 7) is 8.22. The third kappa shape index (κ3) is 5.97. The molecule has 212 valence electrons. The molecule has 39 heavy (non-hydrogen) atoms. The highest BCUT2D eigenvalue weighted by molar-refractivity contribution is 7.90. The van der Waals surface area contributed by atoms with E-state index in [1.807, 2.05) is 32.9 Å². The van der Waals surface area contributed by atoms with Crippen molar-refractivity contribution in [2.45, 2.75) is 71.2 Å². The number of nitrogens with zero attached hydrogens (tertiary/aromatic N) is 3. The molecule has 0 bridgehead atoms. The van der Waals surface area contributed by atoms with Crippen LogP contribution in [0.3, 0.4) is 0 Å². The lowest BCUT2D eigenvalue weighted by Gasteiger charge is -2.22. The highest BCUT2D eigenvalue weighted by atomic mass is 32.2. The molecule has 2 saturated carbocycles. The molecule has 0 aliphatic heterocycles. The molecule has 0 spiro atoms. The SMILES string of the molecule is CCOc1cc2cc(-c3c(C)nc(N[C@H](C)C4CC4)nc3N[C@@H]3C[C@H](CS(C)(=O)=O)[C@@H](O)[C@H]3O)oc2c(C)n1. The molecule has 11 nitrogen and oxygen atoms in total. The predicted octanol–water partition coefficient (Wildman–Crippen LogP) is 3.08. The lowest BCUT2D eigenvalue weighted by Crippen LogP contribution is -2.36. The van der Waals surface area contributed by atoms with Gasteiger partial charge in [-0.15, -0.1) is 0 Å². The molecular weight excluding hydrogens is 522 g/mol. The van der Waals surface area contributed by atoms with E-state index < -0.39 is 34.0 Å². The summed E-state index contributed by atoms with van der Waals surface area (Å²) in [6.07, 6.45) is 1.39. The molecule has 2 fully saturated rings. The second-order valence-corrected chi connectivity index (χ2v) is 13.1. The van der Waals surface area contributed by atoms with Gasteiger partial charge in [0, 0.05) is 29.7 Å². The summed E-state index contributed by atoms with van der Waals surface area (Å²) in [5.74, 6) is 1.69. The quantitative estimate of drug-likeness (QED) is 0.289. The van der Waals surface area contributed by atoms with Crippen LogP contribution in [-0.4, -0.2) is 76.5 Å². The van der Waals surface area contributed by atoms with Gasteiger partial charge in [0.15, 0.2) is 5.58 Å². The van der Waals surface area contributed by atoms with E-state index in [2.05, 4.69) is 22.5 Å². The highest BCUT2D eigenvalue weighted by Gasteiger charge is 2.43. The summed E-state index contributed by atoms with van der Waals surface area (Å²) in [5, 5.41) is 29.0. The predicted molar refractivity (Wildman–Crippen MR) is 149 cm³/mol. The molecule has 3 aromatic rings. The lowest BCUT2D eigenvalue weighted by molar-refractivity contribution is 0.0216. The zero-order chi connectivity index (χ0) is 28.1. The van der Waals surface area contributed by atoms with Crippen LogP contribution >= 0.6 is 0 Å². The van der Waals surface area contributed by atoms with Gasteiger partial charge in [0.1, 0.15) is 27.5 Å². The number of aromatic nitrogens is 3. The van der Waals surface area contributed by atoms with Crippen LogP contribution in [0, 0.1) is 25.7 Å². The highest BCUT2D eigenvalue weighted by Crippen LogP contribution is 2.39. The fraction of sp³-hybridized carbons (Fsp3) is 0.593. The number of fused-ring (bicyclic) bond motifs is 1. The van der Waals surface area contributed by atoms with Crippen LogP contribution in [0.4, 0.5) is 11.8 Å². The zero-order valence-electron chi connectivity index (χ0n) is 22.9. The average Bonchev–Trinajstić information content (AvgIpc) is 3.56. The van der Waals surface area contributed by atoms with Crippen LogP contribution in [0.2, 0.25) is 0 Å². The third-order valence-corrected chi connectivity index (χ3v) is 8.64. The molecular formula is C27H37N5O6S. The van der Waals surface area contributed by atoms with E-state index in [1.54, 1.807) is 0 Å². The molecule has 12 heteroatoms. The largest absolute Gasteiger partial charge is 0.478 e. The Labute approximate surface area is 228 Å². The third-order valence-electron chi connectivity index (χ3n) is 7.60.